The Labute approximate surface area is 138 Å². The zero-order valence-electron chi connectivity index (χ0n) is 12.3. The first-order valence-corrected chi connectivity index (χ1v) is 7.90. The molecule has 22 heavy (non-hydrogen) atoms. The summed E-state index contributed by atoms with van der Waals surface area (Å²) >= 11 is 7.32. The molecule has 2 aromatic rings. The van der Waals surface area contributed by atoms with Crippen molar-refractivity contribution in [2.75, 3.05) is 6.61 Å². The molecule has 0 aliphatic rings. The van der Waals surface area contributed by atoms with E-state index >= 15 is 0 Å². The number of benzene rings is 1. The van der Waals surface area contributed by atoms with Crippen LogP contribution >= 0.6 is 22.9 Å². The quantitative estimate of drug-likeness (QED) is 0.850. The second-order valence-corrected chi connectivity index (χ2v) is 6.70. The first kappa shape index (κ1) is 16.5. The third-order valence-electron chi connectivity index (χ3n) is 3.00. The van der Waals surface area contributed by atoms with E-state index in [0.29, 0.717) is 17.1 Å². The van der Waals surface area contributed by atoms with Gasteiger partial charge in [-0.1, -0.05) is 23.7 Å². The van der Waals surface area contributed by atoms with Crippen LogP contribution in [0.3, 0.4) is 0 Å². The minimum absolute atomic E-state index is 0.291. The lowest BCUT2D eigenvalue weighted by Crippen LogP contribution is -2.28. The van der Waals surface area contributed by atoms with Gasteiger partial charge in [0.1, 0.15) is 0 Å². The monoisotopic (exact) mass is 337 g/mol. The average Bonchev–Trinajstić information content (AvgIpc) is 2.83. The average molecular weight is 338 g/mol. The molecule has 0 spiro atoms. The van der Waals surface area contributed by atoms with Crippen LogP contribution in [0.15, 0.2) is 30.3 Å². The third-order valence-corrected chi connectivity index (χ3v) is 4.22. The topological polar surface area (TPSA) is 55.4 Å². The number of hydrogen-bond acceptors (Lipinski definition) is 4. The van der Waals surface area contributed by atoms with Crippen LogP contribution in [-0.2, 0) is 16.1 Å². The molecule has 0 saturated carbocycles. The van der Waals surface area contributed by atoms with Crippen molar-refractivity contribution in [3.63, 3.8) is 0 Å². The number of ether oxygens (including phenoxy) is 1. The summed E-state index contributed by atoms with van der Waals surface area (Å²) in [5, 5.41) is 3.33. The number of aryl methyl sites for hydroxylation is 2. The van der Waals surface area contributed by atoms with E-state index in [1.54, 1.807) is 18.2 Å². The Kier molecular flexibility index (Phi) is 5.57. The van der Waals surface area contributed by atoms with E-state index in [0.717, 1.165) is 15.3 Å². The van der Waals surface area contributed by atoms with Gasteiger partial charge in [-0.2, -0.15) is 0 Å². The van der Waals surface area contributed by atoms with Crippen molar-refractivity contribution in [2.24, 2.45) is 0 Å². The minimum Gasteiger partial charge on any atom is -0.452 e. The molecule has 0 bridgehead atoms. The van der Waals surface area contributed by atoms with Crippen LogP contribution in [0.4, 0.5) is 0 Å². The molecule has 6 heteroatoms. The number of thiophene rings is 1. The molecule has 0 fully saturated rings. The molecular formula is C16H16ClNO3S. The van der Waals surface area contributed by atoms with E-state index in [1.165, 1.54) is 11.3 Å². The first-order chi connectivity index (χ1) is 10.5. The van der Waals surface area contributed by atoms with Crippen LogP contribution in [0, 0.1) is 13.8 Å². The Morgan fingerprint density at radius 2 is 1.91 bits per heavy atom. The van der Waals surface area contributed by atoms with Crippen molar-refractivity contribution < 1.29 is 14.3 Å². The number of hydrogen-bond donors (Lipinski definition) is 1. The maximum atomic E-state index is 11.9. The molecule has 1 aromatic heterocycles. The summed E-state index contributed by atoms with van der Waals surface area (Å²) < 4.78 is 5.03. The number of carbonyl (C=O) groups is 2. The standard InChI is InChI=1S/C16H16ClNO3S/c1-10-7-14(11(2)22-10)16(20)21-9-15(19)18-8-12-3-5-13(17)6-4-12/h3-7H,8-9H2,1-2H3,(H,18,19). The van der Waals surface area contributed by atoms with Crippen LogP contribution in [0.2, 0.25) is 5.02 Å². The fourth-order valence-corrected chi connectivity index (χ4v) is 2.93. The molecule has 116 valence electrons. The van der Waals surface area contributed by atoms with E-state index in [9.17, 15) is 9.59 Å². The second-order valence-electron chi connectivity index (χ2n) is 4.81. The fourth-order valence-electron chi connectivity index (χ4n) is 1.90. The Morgan fingerprint density at radius 1 is 1.23 bits per heavy atom. The Morgan fingerprint density at radius 3 is 2.50 bits per heavy atom. The maximum Gasteiger partial charge on any atom is 0.339 e. The maximum absolute atomic E-state index is 11.9. The molecule has 0 radical (unpaired) electrons. The summed E-state index contributed by atoms with van der Waals surface area (Å²) in [6, 6.07) is 8.93. The zero-order valence-corrected chi connectivity index (χ0v) is 13.9. The summed E-state index contributed by atoms with van der Waals surface area (Å²) in [4.78, 5) is 25.5. The van der Waals surface area contributed by atoms with Crippen LogP contribution in [-0.4, -0.2) is 18.5 Å². The van der Waals surface area contributed by atoms with Crippen molar-refractivity contribution in [3.05, 3.63) is 56.2 Å². The molecule has 0 aliphatic carbocycles. The van der Waals surface area contributed by atoms with Gasteiger partial charge in [0.25, 0.3) is 5.91 Å². The van der Waals surface area contributed by atoms with Gasteiger partial charge in [-0.15, -0.1) is 11.3 Å². The lowest BCUT2D eigenvalue weighted by atomic mass is 10.2. The number of halogens is 1. The highest BCUT2D eigenvalue weighted by Crippen LogP contribution is 2.21. The molecule has 1 N–H and O–H groups in total. The summed E-state index contributed by atoms with van der Waals surface area (Å²) in [5.74, 6) is -0.809. The predicted molar refractivity (Wildman–Crippen MR) is 87.4 cm³/mol. The molecule has 0 saturated heterocycles. The smallest absolute Gasteiger partial charge is 0.339 e. The lowest BCUT2D eigenvalue weighted by molar-refractivity contribution is -0.124. The van der Waals surface area contributed by atoms with E-state index in [1.807, 2.05) is 26.0 Å². The number of amides is 1. The number of rotatable bonds is 5. The SMILES string of the molecule is Cc1cc(C(=O)OCC(=O)NCc2ccc(Cl)cc2)c(C)s1. The molecule has 1 amide bonds. The molecule has 0 aliphatic heterocycles. The van der Waals surface area contributed by atoms with Gasteiger partial charge in [-0.3, -0.25) is 4.79 Å². The van der Waals surface area contributed by atoms with Gasteiger partial charge in [0.15, 0.2) is 6.61 Å². The van der Waals surface area contributed by atoms with E-state index in [-0.39, 0.29) is 12.5 Å². The first-order valence-electron chi connectivity index (χ1n) is 6.71. The van der Waals surface area contributed by atoms with Gasteiger partial charge >= 0.3 is 5.97 Å². The highest BCUT2D eigenvalue weighted by atomic mass is 35.5. The van der Waals surface area contributed by atoms with E-state index in [2.05, 4.69) is 5.32 Å². The molecule has 1 aromatic carbocycles. The predicted octanol–water partition coefficient (Wildman–Crippen LogP) is 3.49. The van der Waals surface area contributed by atoms with Gasteiger partial charge in [0.05, 0.1) is 5.56 Å². The van der Waals surface area contributed by atoms with Crippen molar-refractivity contribution in [1.29, 1.82) is 0 Å². The second kappa shape index (κ2) is 7.42. The lowest BCUT2D eigenvalue weighted by Gasteiger charge is -2.06. The van der Waals surface area contributed by atoms with Crippen LogP contribution in [0.25, 0.3) is 0 Å². The largest absolute Gasteiger partial charge is 0.452 e. The Hall–Kier alpha value is -1.85. The highest BCUT2D eigenvalue weighted by molar-refractivity contribution is 7.12. The van der Waals surface area contributed by atoms with Gasteiger partial charge in [0.2, 0.25) is 0 Å². The van der Waals surface area contributed by atoms with Gasteiger partial charge in [-0.25, -0.2) is 4.79 Å². The third kappa shape index (κ3) is 4.58. The van der Waals surface area contributed by atoms with Crippen molar-refractivity contribution in [1.82, 2.24) is 5.32 Å². The normalized spacial score (nSPS) is 10.3. The minimum atomic E-state index is -0.469. The van der Waals surface area contributed by atoms with Crippen LogP contribution in [0.5, 0.6) is 0 Å². The summed E-state index contributed by atoms with van der Waals surface area (Å²) in [6.45, 7) is 3.85. The molecule has 0 unspecified atom stereocenters. The molecule has 1 heterocycles. The van der Waals surface area contributed by atoms with Crippen LogP contribution < -0.4 is 5.32 Å². The Balaban J connectivity index is 1.79. The van der Waals surface area contributed by atoms with Gasteiger partial charge in [-0.05, 0) is 37.6 Å². The van der Waals surface area contributed by atoms with Crippen LogP contribution in [0.1, 0.15) is 25.7 Å². The molecular weight excluding hydrogens is 322 g/mol. The molecule has 4 nitrogen and oxygen atoms in total. The Bertz CT molecular complexity index is 679. The summed E-state index contributed by atoms with van der Waals surface area (Å²) in [6.07, 6.45) is 0. The highest BCUT2D eigenvalue weighted by Gasteiger charge is 2.14. The van der Waals surface area contributed by atoms with Crippen molar-refractivity contribution in [2.45, 2.75) is 20.4 Å². The number of carbonyl (C=O) groups excluding carboxylic acids is 2. The van der Waals surface area contributed by atoms with E-state index < -0.39 is 5.97 Å². The molecule has 2 rings (SSSR count). The van der Waals surface area contributed by atoms with Crippen molar-refractivity contribution >= 4 is 34.8 Å². The van der Waals surface area contributed by atoms with Crippen molar-refractivity contribution in [3.8, 4) is 0 Å². The number of esters is 1. The number of nitrogens with one attached hydrogen (secondary N) is 1. The van der Waals surface area contributed by atoms with E-state index in [4.69, 9.17) is 16.3 Å². The summed E-state index contributed by atoms with van der Waals surface area (Å²) in [7, 11) is 0. The fraction of sp³-hybridized carbons (Fsp3) is 0.250. The van der Waals surface area contributed by atoms with Gasteiger partial charge < -0.3 is 10.1 Å². The van der Waals surface area contributed by atoms with Gasteiger partial charge in [0, 0.05) is 21.3 Å². The zero-order chi connectivity index (χ0) is 16.1. The summed E-state index contributed by atoms with van der Waals surface area (Å²) in [5.41, 5.74) is 1.45. The molecule has 0 atom stereocenters.